The zero-order chi connectivity index (χ0) is 15.4. The number of aromatic carboxylic acids is 1. The van der Waals surface area contributed by atoms with E-state index in [9.17, 15) is 9.59 Å². The number of rotatable bonds is 7. The zero-order valence-electron chi connectivity index (χ0n) is 12.1. The van der Waals surface area contributed by atoms with Crippen molar-refractivity contribution in [1.82, 2.24) is 5.32 Å². The number of carboxylic acid groups (broad SMARTS) is 1. The number of ether oxygens (including phenoxy) is 2. The van der Waals surface area contributed by atoms with Gasteiger partial charge in [-0.15, -0.1) is 0 Å². The van der Waals surface area contributed by atoms with Gasteiger partial charge in [0.25, 0.3) is 5.91 Å². The van der Waals surface area contributed by atoms with Crippen LogP contribution in [0.5, 0.6) is 11.5 Å². The summed E-state index contributed by atoms with van der Waals surface area (Å²) >= 11 is 0. The lowest BCUT2D eigenvalue weighted by atomic mass is 10.2. The lowest BCUT2D eigenvalue weighted by molar-refractivity contribution is -0.123. The lowest BCUT2D eigenvalue weighted by Crippen LogP contribution is -2.37. The molecule has 0 unspecified atom stereocenters. The highest BCUT2D eigenvalue weighted by Crippen LogP contribution is 2.32. The van der Waals surface area contributed by atoms with Crippen molar-refractivity contribution < 1.29 is 24.2 Å². The van der Waals surface area contributed by atoms with Crippen LogP contribution in [0.25, 0.3) is 0 Å². The highest BCUT2D eigenvalue weighted by Gasteiger charge is 2.28. The van der Waals surface area contributed by atoms with Gasteiger partial charge < -0.3 is 19.9 Å². The Labute approximate surface area is 123 Å². The first-order valence-corrected chi connectivity index (χ1v) is 6.84. The van der Waals surface area contributed by atoms with E-state index in [0.29, 0.717) is 11.7 Å². The van der Waals surface area contributed by atoms with Crippen molar-refractivity contribution in [3.63, 3.8) is 0 Å². The van der Waals surface area contributed by atoms with E-state index in [0.717, 1.165) is 12.8 Å². The van der Waals surface area contributed by atoms with E-state index in [2.05, 4.69) is 5.32 Å². The highest BCUT2D eigenvalue weighted by molar-refractivity contribution is 5.88. The molecule has 0 radical (unpaired) electrons. The normalized spacial score (nSPS) is 15.1. The van der Waals surface area contributed by atoms with Crippen LogP contribution in [-0.2, 0) is 4.79 Å². The van der Waals surface area contributed by atoms with Gasteiger partial charge in [-0.05, 0) is 43.9 Å². The average Bonchev–Trinajstić information content (AvgIpc) is 3.29. The molecule has 0 heterocycles. The number of carboxylic acids is 1. The molecular weight excluding hydrogens is 274 g/mol. The predicted molar refractivity (Wildman–Crippen MR) is 75.8 cm³/mol. The van der Waals surface area contributed by atoms with Crippen LogP contribution in [-0.4, -0.2) is 36.7 Å². The van der Waals surface area contributed by atoms with Crippen LogP contribution < -0.4 is 14.8 Å². The molecule has 1 saturated carbocycles. The van der Waals surface area contributed by atoms with Crippen LogP contribution in [0.4, 0.5) is 0 Å². The molecule has 0 aromatic heterocycles. The van der Waals surface area contributed by atoms with Crippen molar-refractivity contribution in [3.8, 4) is 11.5 Å². The van der Waals surface area contributed by atoms with Gasteiger partial charge in [0.05, 0.1) is 12.7 Å². The topological polar surface area (TPSA) is 84.9 Å². The molecule has 0 bridgehead atoms. The third kappa shape index (κ3) is 4.11. The maximum atomic E-state index is 11.8. The van der Waals surface area contributed by atoms with E-state index in [-0.39, 0.29) is 29.9 Å². The van der Waals surface area contributed by atoms with Gasteiger partial charge in [-0.25, -0.2) is 4.79 Å². The Morgan fingerprint density at radius 2 is 2.10 bits per heavy atom. The number of methoxy groups -OCH3 is 1. The van der Waals surface area contributed by atoms with E-state index in [1.807, 2.05) is 6.92 Å². The number of nitrogens with one attached hydrogen (secondary N) is 1. The van der Waals surface area contributed by atoms with Crippen molar-refractivity contribution in [2.24, 2.45) is 5.92 Å². The second-order valence-electron chi connectivity index (χ2n) is 5.15. The molecule has 1 aliphatic carbocycles. The number of carbonyl (C=O) groups excluding carboxylic acids is 1. The van der Waals surface area contributed by atoms with Gasteiger partial charge in [0, 0.05) is 6.04 Å². The smallest absolute Gasteiger partial charge is 0.335 e. The summed E-state index contributed by atoms with van der Waals surface area (Å²) in [4.78, 5) is 22.6. The highest BCUT2D eigenvalue weighted by atomic mass is 16.5. The molecule has 1 amide bonds. The molecular formula is C15H19NO5. The molecule has 6 heteroatoms. The van der Waals surface area contributed by atoms with Crippen LogP contribution in [0, 0.1) is 5.92 Å². The van der Waals surface area contributed by atoms with Crippen molar-refractivity contribution in [1.29, 1.82) is 0 Å². The fourth-order valence-corrected chi connectivity index (χ4v) is 2.07. The molecule has 2 N–H and O–H groups in total. The molecule has 0 aliphatic heterocycles. The van der Waals surface area contributed by atoms with E-state index in [4.69, 9.17) is 14.6 Å². The van der Waals surface area contributed by atoms with Crippen LogP contribution >= 0.6 is 0 Å². The molecule has 2 rings (SSSR count). The molecule has 0 spiro atoms. The Morgan fingerprint density at radius 3 is 2.67 bits per heavy atom. The number of hydrogen-bond acceptors (Lipinski definition) is 4. The number of hydrogen-bond donors (Lipinski definition) is 2. The minimum Gasteiger partial charge on any atom is -0.493 e. The Kier molecular flexibility index (Phi) is 4.67. The van der Waals surface area contributed by atoms with Gasteiger partial charge in [-0.2, -0.15) is 0 Å². The standard InChI is InChI=1S/C15H19NO5/c1-9(10-3-4-10)16-14(17)8-21-12-6-5-11(15(18)19)7-13(12)20-2/h5-7,9-10H,3-4,8H2,1-2H3,(H,16,17)(H,18,19)/t9-/m0/s1. The predicted octanol–water partition coefficient (Wildman–Crippen LogP) is 1.69. The van der Waals surface area contributed by atoms with Crippen molar-refractivity contribution in [2.75, 3.05) is 13.7 Å². The first-order valence-electron chi connectivity index (χ1n) is 6.84. The van der Waals surface area contributed by atoms with Crippen LogP contribution in [0.1, 0.15) is 30.1 Å². The average molecular weight is 293 g/mol. The summed E-state index contributed by atoms with van der Waals surface area (Å²) < 4.78 is 10.5. The summed E-state index contributed by atoms with van der Waals surface area (Å²) in [5, 5.41) is 11.8. The zero-order valence-corrected chi connectivity index (χ0v) is 12.1. The SMILES string of the molecule is COc1cc(C(=O)O)ccc1OCC(=O)N[C@@H](C)C1CC1. The minimum atomic E-state index is -1.05. The van der Waals surface area contributed by atoms with Gasteiger partial charge >= 0.3 is 5.97 Å². The third-order valence-electron chi connectivity index (χ3n) is 3.49. The van der Waals surface area contributed by atoms with Gasteiger partial charge in [0.1, 0.15) is 0 Å². The summed E-state index contributed by atoms with van der Waals surface area (Å²) in [6, 6.07) is 4.42. The monoisotopic (exact) mass is 293 g/mol. The largest absolute Gasteiger partial charge is 0.493 e. The second kappa shape index (κ2) is 6.47. The maximum absolute atomic E-state index is 11.8. The van der Waals surface area contributed by atoms with Crippen LogP contribution in [0.15, 0.2) is 18.2 Å². The summed E-state index contributed by atoms with van der Waals surface area (Å²) in [6.45, 7) is 1.86. The molecule has 1 aromatic rings. The Hall–Kier alpha value is -2.24. The van der Waals surface area contributed by atoms with Crippen molar-refractivity contribution in [2.45, 2.75) is 25.8 Å². The molecule has 21 heavy (non-hydrogen) atoms. The first kappa shape index (κ1) is 15.2. The van der Waals surface area contributed by atoms with E-state index in [1.165, 1.54) is 25.3 Å². The van der Waals surface area contributed by atoms with E-state index >= 15 is 0 Å². The van der Waals surface area contributed by atoms with Gasteiger partial charge in [0.2, 0.25) is 0 Å². The maximum Gasteiger partial charge on any atom is 0.335 e. The molecule has 1 fully saturated rings. The molecule has 6 nitrogen and oxygen atoms in total. The Morgan fingerprint density at radius 1 is 1.38 bits per heavy atom. The second-order valence-corrected chi connectivity index (χ2v) is 5.15. The molecule has 114 valence electrons. The molecule has 1 aliphatic rings. The Bertz CT molecular complexity index is 539. The fraction of sp³-hybridized carbons (Fsp3) is 0.467. The van der Waals surface area contributed by atoms with Crippen molar-refractivity contribution in [3.05, 3.63) is 23.8 Å². The third-order valence-corrected chi connectivity index (χ3v) is 3.49. The van der Waals surface area contributed by atoms with Gasteiger partial charge in [0.15, 0.2) is 18.1 Å². The van der Waals surface area contributed by atoms with Crippen LogP contribution in [0.3, 0.4) is 0 Å². The van der Waals surface area contributed by atoms with Gasteiger partial charge in [-0.3, -0.25) is 4.79 Å². The van der Waals surface area contributed by atoms with Gasteiger partial charge in [-0.1, -0.05) is 0 Å². The minimum absolute atomic E-state index is 0.103. The number of carbonyl (C=O) groups is 2. The number of benzene rings is 1. The summed E-state index contributed by atoms with van der Waals surface area (Å²) in [6.07, 6.45) is 2.32. The summed E-state index contributed by atoms with van der Waals surface area (Å²) in [7, 11) is 1.42. The van der Waals surface area contributed by atoms with Crippen molar-refractivity contribution >= 4 is 11.9 Å². The first-order chi connectivity index (χ1) is 10.0. The summed E-state index contributed by atoms with van der Waals surface area (Å²) in [5.74, 6) is -0.0254. The molecule has 0 saturated heterocycles. The van der Waals surface area contributed by atoms with E-state index < -0.39 is 5.97 Å². The quantitative estimate of drug-likeness (QED) is 0.799. The Balaban J connectivity index is 1.92. The lowest BCUT2D eigenvalue weighted by Gasteiger charge is -2.14. The molecule has 1 atom stereocenters. The fourth-order valence-electron chi connectivity index (χ4n) is 2.07. The number of amides is 1. The molecule has 1 aromatic carbocycles. The van der Waals surface area contributed by atoms with Crippen LogP contribution in [0.2, 0.25) is 0 Å². The van der Waals surface area contributed by atoms with E-state index in [1.54, 1.807) is 0 Å². The summed E-state index contributed by atoms with van der Waals surface area (Å²) in [5.41, 5.74) is 0.103.